The number of carboxylic acids is 1. The van der Waals surface area contributed by atoms with E-state index in [-0.39, 0.29) is 24.8 Å². The second kappa shape index (κ2) is 6.04. The summed E-state index contributed by atoms with van der Waals surface area (Å²) < 4.78 is 21.5. The van der Waals surface area contributed by atoms with Gasteiger partial charge in [-0.15, -0.1) is 0 Å². The smallest absolute Gasteiger partial charge is 0.304 e. The van der Waals surface area contributed by atoms with Crippen molar-refractivity contribution in [1.82, 2.24) is 4.90 Å². The van der Waals surface area contributed by atoms with E-state index in [0.29, 0.717) is 6.54 Å². The van der Waals surface area contributed by atoms with Gasteiger partial charge in [0.1, 0.15) is 0 Å². The van der Waals surface area contributed by atoms with Gasteiger partial charge in [0.15, 0.2) is 0 Å². The molecule has 90 valence electrons. The van der Waals surface area contributed by atoms with Crippen molar-refractivity contribution in [2.45, 2.75) is 26.3 Å². The molecule has 0 radical (unpaired) electrons. The van der Waals surface area contributed by atoms with E-state index in [9.17, 15) is 13.2 Å². The zero-order chi connectivity index (χ0) is 12.1. The molecule has 0 aliphatic rings. The second-order valence-electron chi connectivity index (χ2n) is 3.44. The Kier molecular flexibility index (Phi) is 5.77. The van der Waals surface area contributed by atoms with Crippen LogP contribution in [0, 0.1) is 0 Å². The van der Waals surface area contributed by atoms with Crippen molar-refractivity contribution in [3.8, 4) is 0 Å². The average Bonchev–Trinajstić information content (AvgIpc) is 2.01. The highest BCUT2D eigenvalue weighted by Crippen LogP contribution is 2.03. The summed E-state index contributed by atoms with van der Waals surface area (Å²) in [6.07, 6.45) is -0.00153. The van der Waals surface area contributed by atoms with Gasteiger partial charge < -0.3 is 5.11 Å². The second-order valence-corrected chi connectivity index (χ2v) is 5.18. The first-order chi connectivity index (χ1) is 6.76. The van der Waals surface area contributed by atoms with E-state index in [1.54, 1.807) is 11.8 Å². The monoisotopic (exact) mass is 238 g/mol. The Balaban J connectivity index is 4.18. The Hall–Kier alpha value is -0.660. The molecule has 0 aliphatic carbocycles. The largest absolute Gasteiger partial charge is 0.481 e. The lowest BCUT2D eigenvalue weighted by atomic mass is 10.2. The van der Waals surface area contributed by atoms with Crippen LogP contribution in [0.5, 0.6) is 0 Å². The summed E-state index contributed by atoms with van der Waals surface area (Å²) >= 11 is 0. The first-order valence-electron chi connectivity index (χ1n) is 4.72. The van der Waals surface area contributed by atoms with Crippen LogP contribution in [0.2, 0.25) is 0 Å². The Morgan fingerprint density at radius 1 is 1.53 bits per heavy atom. The van der Waals surface area contributed by atoms with Gasteiger partial charge >= 0.3 is 5.97 Å². The van der Waals surface area contributed by atoms with Crippen LogP contribution in [0.15, 0.2) is 0 Å². The van der Waals surface area contributed by atoms with Crippen molar-refractivity contribution in [2.75, 3.05) is 18.8 Å². The maximum absolute atomic E-state index is 10.7. The molecule has 1 atom stereocenters. The van der Waals surface area contributed by atoms with Crippen molar-refractivity contribution >= 4 is 16.0 Å². The molecule has 0 fully saturated rings. The molecular formula is C8H18N2O4S. The minimum absolute atomic E-state index is 0.00153. The van der Waals surface area contributed by atoms with Crippen LogP contribution in [-0.2, 0) is 14.8 Å². The SMILES string of the molecule is CCN(CCS(N)(=O)=O)C(C)CC(=O)O. The average molecular weight is 238 g/mol. The summed E-state index contributed by atoms with van der Waals surface area (Å²) in [6, 6.07) is -0.186. The van der Waals surface area contributed by atoms with Crippen LogP contribution in [0.3, 0.4) is 0 Å². The number of carbonyl (C=O) groups is 1. The van der Waals surface area contributed by atoms with Crippen molar-refractivity contribution < 1.29 is 18.3 Å². The maximum atomic E-state index is 10.7. The van der Waals surface area contributed by atoms with Gasteiger partial charge in [0.05, 0.1) is 12.2 Å². The number of hydrogen-bond donors (Lipinski definition) is 2. The molecule has 7 heteroatoms. The number of carboxylic acid groups (broad SMARTS) is 1. The van der Waals surface area contributed by atoms with E-state index >= 15 is 0 Å². The Bertz CT molecular complexity index is 302. The van der Waals surface area contributed by atoms with Crippen molar-refractivity contribution in [1.29, 1.82) is 0 Å². The number of sulfonamides is 1. The third-order valence-electron chi connectivity index (χ3n) is 2.16. The van der Waals surface area contributed by atoms with Crippen molar-refractivity contribution in [3.63, 3.8) is 0 Å². The summed E-state index contributed by atoms with van der Waals surface area (Å²) in [6.45, 7) is 4.47. The molecule has 0 aliphatic heterocycles. The summed E-state index contributed by atoms with van der Waals surface area (Å²) in [5.74, 6) is -1.04. The summed E-state index contributed by atoms with van der Waals surface area (Å²) in [4.78, 5) is 12.2. The first-order valence-corrected chi connectivity index (χ1v) is 6.44. The lowest BCUT2D eigenvalue weighted by molar-refractivity contribution is -0.138. The first kappa shape index (κ1) is 14.3. The van der Waals surface area contributed by atoms with Crippen LogP contribution in [0.4, 0.5) is 0 Å². The number of aliphatic carboxylic acids is 1. The predicted octanol–water partition coefficient (Wildman–Crippen LogP) is -0.540. The standard InChI is InChI=1S/C8H18N2O4S/c1-3-10(4-5-15(9,13)14)7(2)6-8(11)12/h7H,3-6H2,1-2H3,(H,11,12)(H2,9,13,14). The van der Waals surface area contributed by atoms with E-state index in [2.05, 4.69) is 0 Å². The minimum atomic E-state index is -3.48. The number of nitrogens with two attached hydrogens (primary N) is 1. The fraction of sp³-hybridized carbons (Fsp3) is 0.875. The number of nitrogens with zero attached hydrogens (tertiary/aromatic N) is 1. The molecule has 0 spiro atoms. The quantitative estimate of drug-likeness (QED) is 0.620. The van der Waals surface area contributed by atoms with Crippen LogP contribution in [0.1, 0.15) is 20.3 Å². The summed E-state index contributed by atoms with van der Waals surface area (Å²) in [5.41, 5.74) is 0. The molecule has 0 saturated heterocycles. The van der Waals surface area contributed by atoms with E-state index in [4.69, 9.17) is 10.2 Å². The van der Waals surface area contributed by atoms with Crippen LogP contribution >= 0.6 is 0 Å². The zero-order valence-corrected chi connectivity index (χ0v) is 9.83. The molecule has 0 amide bonds. The van der Waals surface area contributed by atoms with E-state index in [1.165, 1.54) is 0 Å². The molecule has 0 aromatic heterocycles. The van der Waals surface area contributed by atoms with Crippen LogP contribution in [0.25, 0.3) is 0 Å². The van der Waals surface area contributed by atoms with Crippen molar-refractivity contribution in [2.24, 2.45) is 5.14 Å². The highest BCUT2D eigenvalue weighted by Gasteiger charge is 2.16. The third kappa shape index (κ3) is 7.29. The molecule has 0 aromatic rings. The molecule has 3 N–H and O–H groups in total. The summed E-state index contributed by atoms with van der Waals surface area (Å²) in [7, 11) is -3.48. The van der Waals surface area contributed by atoms with Gasteiger partial charge in [0.25, 0.3) is 0 Å². The topological polar surface area (TPSA) is 101 Å². The van der Waals surface area contributed by atoms with E-state index < -0.39 is 16.0 Å². The fourth-order valence-electron chi connectivity index (χ4n) is 1.32. The third-order valence-corrected chi connectivity index (χ3v) is 2.91. The van der Waals surface area contributed by atoms with Gasteiger partial charge in [-0.05, 0) is 13.5 Å². The number of rotatable bonds is 7. The molecule has 0 saturated carbocycles. The van der Waals surface area contributed by atoms with Gasteiger partial charge in [0, 0.05) is 12.6 Å². The minimum Gasteiger partial charge on any atom is -0.481 e. The molecule has 0 aromatic carbocycles. The van der Waals surface area contributed by atoms with Gasteiger partial charge in [-0.25, -0.2) is 13.6 Å². The van der Waals surface area contributed by atoms with Gasteiger partial charge in [-0.3, -0.25) is 9.69 Å². The molecule has 6 nitrogen and oxygen atoms in total. The lowest BCUT2D eigenvalue weighted by Crippen LogP contribution is -2.39. The number of primary sulfonamides is 1. The lowest BCUT2D eigenvalue weighted by Gasteiger charge is -2.26. The van der Waals surface area contributed by atoms with Crippen LogP contribution < -0.4 is 5.14 Å². The zero-order valence-electron chi connectivity index (χ0n) is 9.01. The molecule has 0 rings (SSSR count). The maximum Gasteiger partial charge on any atom is 0.304 e. The van der Waals surface area contributed by atoms with Crippen molar-refractivity contribution in [3.05, 3.63) is 0 Å². The van der Waals surface area contributed by atoms with E-state index in [0.717, 1.165) is 0 Å². The Morgan fingerprint density at radius 2 is 2.07 bits per heavy atom. The Labute approximate surface area is 90.1 Å². The Morgan fingerprint density at radius 3 is 2.40 bits per heavy atom. The molecule has 0 heterocycles. The highest BCUT2D eigenvalue weighted by atomic mass is 32.2. The number of hydrogen-bond acceptors (Lipinski definition) is 4. The van der Waals surface area contributed by atoms with E-state index in [1.807, 2.05) is 6.92 Å². The van der Waals surface area contributed by atoms with Crippen LogP contribution in [-0.4, -0.2) is 49.3 Å². The van der Waals surface area contributed by atoms with Gasteiger partial charge in [-0.2, -0.15) is 0 Å². The molecular weight excluding hydrogens is 220 g/mol. The van der Waals surface area contributed by atoms with Gasteiger partial charge in [0.2, 0.25) is 10.0 Å². The van der Waals surface area contributed by atoms with Gasteiger partial charge in [-0.1, -0.05) is 6.92 Å². The normalized spacial score (nSPS) is 14.1. The molecule has 0 bridgehead atoms. The summed E-state index contributed by atoms with van der Waals surface area (Å²) in [5, 5.41) is 13.5. The fourth-order valence-corrected chi connectivity index (χ4v) is 1.81. The highest BCUT2D eigenvalue weighted by molar-refractivity contribution is 7.89. The molecule has 1 unspecified atom stereocenters. The molecule has 15 heavy (non-hydrogen) atoms. The predicted molar refractivity (Wildman–Crippen MR) is 56.9 cm³/mol.